The van der Waals surface area contributed by atoms with Crippen molar-refractivity contribution >= 4 is 11.6 Å². The van der Waals surface area contributed by atoms with Gasteiger partial charge >= 0.3 is 0 Å². The lowest BCUT2D eigenvalue weighted by molar-refractivity contribution is 0.410. The molecule has 1 aliphatic carbocycles. The Labute approximate surface area is 124 Å². The molecule has 0 saturated carbocycles. The minimum Gasteiger partial charge on any atom is -0.313 e. The fourth-order valence-corrected chi connectivity index (χ4v) is 3.68. The molecule has 0 bridgehead atoms. The zero-order chi connectivity index (χ0) is 14.3. The van der Waals surface area contributed by atoms with E-state index in [0.717, 1.165) is 23.7 Å². The lowest BCUT2D eigenvalue weighted by Gasteiger charge is -2.20. The van der Waals surface area contributed by atoms with Gasteiger partial charge in [0.2, 0.25) is 0 Å². The van der Waals surface area contributed by atoms with Gasteiger partial charge in [-0.2, -0.15) is 5.10 Å². The number of hydrogen-bond donors (Lipinski definition) is 1. The summed E-state index contributed by atoms with van der Waals surface area (Å²) in [6.45, 7) is 2.04. The molecule has 3 rings (SSSR count). The van der Waals surface area contributed by atoms with Crippen LogP contribution in [0.3, 0.4) is 0 Å². The Hall–Kier alpha value is -1.32. The molecule has 1 aromatic carbocycles. The van der Waals surface area contributed by atoms with Gasteiger partial charge in [-0.25, -0.2) is 0 Å². The normalized spacial score (nSPS) is 21.2. The van der Waals surface area contributed by atoms with Crippen LogP contribution in [0.25, 0.3) is 0 Å². The number of benzene rings is 1. The Balaban J connectivity index is 1.89. The Morgan fingerprint density at radius 3 is 2.80 bits per heavy atom. The fourth-order valence-electron chi connectivity index (χ4n) is 3.43. The standard InChI is InChI=1S/C16H20ClN3/c1-10-14(16(17)20(3)19-10)9-12-8-11-6-4-5-7-13(11)15(12)18-2/h4-7,12,15,18H,8-9H2,1-3H3. The highest BCUT2D eigenvalue weighted by molar-refractivity contribution is 6.30. The largest absolute Gasteiger partial charge is 0.313 e. The van der Waals surface area contributed by atoms with Crippen molar-refractivity contribution in [3.05, 3.63) is 51.8 Å². The first-order valence-electron chi connectivity index (χ1n) is 7.05. The third kappa shape index (κ3) is 2.15. The first-order valence-corrected chi connectivity index (χ1v) is 7.42. The lowest BCUT2D eigenvalue weighted by atomic mass is 9.93. The van der Waals surface area contributed by atoms with Crippen molar-refractivity contribution in [3.8, 4) is 0 Å². The van der Waals surface area contributed by atoms with Gasteiger partial charge in [-0.3, -0.25) is 4.68 Å². The van der Waals surface area contributed by atoms with Gasteiger partial charge in [-0.1, -0.05) is 35.9 Å². The summed E-state index contributed by atoms with van der Waals surface area (Å²) >= 11 is 6.37. The molecule has 0 amide bonds. The van der Waals surface area contributed by atoms with E-state index in [2.05, 4.69) is 34.7 Å². The molecular formula is C16H20ClN3. The molecule has 0 radical (unpaired) electrons. The maximum atomic E-state index is 6.37. The topological polar surface area (TPSA) is 29.9 Å². The molecular weight excluding hydrogens is 270 g/mol. The van der Waals surface area contributed by atoms with Gasteiger partial charge in [0.25, 0.3) is 0 Å². The second-order valence-corrected chi connectivity index (χ2v) is 5.97. The highest BCUT2D eigenvalue weighted by atomic mass is 35.5. The van der Waals surface area contributed by atoms with Gasteiger partial charge < -0.3 is 5.32 Å². The van der Waals surface area contributed by atoms with E-state index in [1.165, 1.54) is 16.7 Å². The Morgan fingerprint density at radius 2 is 2.15 bits per heavy atom. The predicted octanol–water partition coefficient (Wildman–Crippen LogP) is 3.06. The van der Waals surface area contributed by atoms with Crippen LogP contribution in [0.5, 0.6) is 0 Å². The van der Waals surface area contributed by atoms with Crippen molar-refractivity contribution in [2.45, 2.75) is 25.8 Å². The van der Waals surface area contributed by atoms with Crippen molar-refractivity contribution in [2.75, 3.05) is 7.05 Å². The number of fused-ring (bicyclic) bond motifs is 1. The summed E-state index contributed by atoms with van der Waals surface area (Å²) in [5.74, 6) is 0.540. The summed E-state index contributed by atoms with van der Waals surface area (Å²) in [6, 6.07) is 9.11. The van der Waals surface area contributed by atoms with Crippen LogP contribution in [0.2, 0.25) is 5.15 Å². The van der Waals surface area contributed by atoms with Gasteiger partial charge in [0.1, 0.15) is 5.15 Å². The van der Waals surface area contributed by atoms with Crippen LogP contribution in [0, 0.1) is 12.8 Å². The first-order chi connectivity index (χ1) is 9.61. The maximum Gasteiger partial charge on any atom is 0.130 e. The molecule has 106 valence electrons. The number of nitrogens with one attached hydrogen (secondary N) is 1. The Morgan fingerprint density at radius 1 is 1.40 bits per heavy atom. The van der Waals surface area contributed by atoms with Crippen LogP contribution >= 0.6 is 11.6 Å². The Bertz CT molecular complexity index is 633. The number of halogens is 1. The molecule has 0 saturated heterocycles. The van der Waals surface area contributed by atoms with Crippen molar-refractivity contribution in [1.82, 2.24) is 15.1 Å². The molecule has 1 heterocycles. The first kappa shape index (κ1) is 13.7. The van der Waals surface area contributed by atoms with E-state index in [1.54, 1.807) is 4.68 Å². The monoisotopic (exact) mass is 289 g/mol. The van der Waals surface area contributed by atoms with Crippen LogP contribution in [0.15, 0.2) is 24.3 Å². The predicted molar refractivity (Wildman–Crippen MR) is 82.1 cm³/mol. The third-order valence-electron chi connectivity index (χ3n) is 4.39. The molecule has 1 aromatic heterocycles. The van der Waals surface area contributed by atoms with Gasteiger partial charge in [0.05, 0.1) is 5.69 Å². The Kier molecular flexibility index (Phi) is 3.57. The zero-order valence-corrected chi connectivity index (χ0v) is 12.9. The molecule has 0 fully saturated rings. The minimum atomic E-state index is 0.405. The highest BCUT2D eigenvalue weighted by Crippen LogP contribution is 2.38. The SMILES string of the molecule is CNC1c2ccccc2CC1Cc1c(C)nn(C)c1Cl. The third-order valence-corrected chi connectivity index (χ3v) is 4.86. The molecule has 1 N–H and O–H groups in total. The summed E-state index contributed by atoms with van der Waals surface area (Å²) in [6.07, 6.45) is 2.07. The number of rotatable bonds is 3. The smallest absolute Gasteiger partial charge is 0.130 e. The molecule has 3 nitrogen and oxygen atoms in total. The molecule has 20 heavy (non-hydrogen) atoms. The number of aryl methyl sites for hydroxylation is 2. The fraction of sp³-hybridized carbons (Fsp3) is 0.438. The average molecular weight is 290 g/mol. The van der Waals surface area contributed by atoms with E-state index in [-0.39, 0.29) is 0 Å². The van der Waals surface area contributed by atoms with Crippen molar-refractivity contribution < 1.29 is 0 Å². The van der Waals surface area contributed by atoms with Gasteiger partial charge in [-0.15, -0.1) is 0 Å². The lowest BCUT2D eigenvalue weighted by Crippen LogP contribution is -2.23. The molecule has 2 aromatic rings. The van der Waals surface area contributed by atoms with Crippen LogP contribution in [-0.4, -0.2) is 16.8 Å². The second kappa shape index (κ2) is 5.23. The molecule has 2 unspecified atom stereocenters. The number of nitrogens with zero attached hydrogens (tertiary/aromatic N) is 2. The van der Waals surface area contributed by atoms with E-state index in [1.807, 2.05) is 21.0 Å². The van der Waals surface area contributed by atoms with E-state index >= 15 is 0 Å². The van der Waals surface area contributed by atoms with E-state index < -0.39 is 0 Å². The van der Waals surface area contributed by atoms with Crippen molar-refractivity contribution in [1.29, 1.82) is 0 Å². The minimum absolute atomic E-state index is 0.405. The molecule has 0 spiro atoms. The van der Waals surface area contributed by atoms with E-state index in [9.17, 15) is 0 Å². The molecule has 4 heteroatoms. The number of aromatic nitrogens is 2. The molecule has 1 aliphatic rings. The van der Waals surface area contributed by atoms with Crippen LogP contribution in [-0.2, 0) is 19.9 Å². The van der Waals surface area contributed by atoms with Crippen LogP contribution in [0.4, 0.5) is 0 Å². The molecule has 2 atom stereocenters. The number of hydrogen-bond acceptors (Lipinski definition) is 2. The van der Waals surface area contributed by atoms with E-state index in [4.69, 9.17) is 11.6 Å². The van der Waals surface area contributed by atoms with Gasteiger partial charge in [0.15, 0.2) is 0 Å². The average Bonchev–Trinajstić information content (AvgIpc) is 2.91. The van der Waals surface area contributed by atoms with Crippen LogP contribution in [0.1, 0.15) is 28.4 Å². The van der Waals surface area contributed by atoms with Crippen molar-refractivity contribution in [3.63, 3.8) is 0 Å². The summed E-state index contributed by atoms with van der Waals surface area (Å²) in [5, 5.41) is 8.65. The quantitative estimate of drug-likeness (QED) is 0.941. The summed E-state index contributed by atoms with van der Waals surface area (Å²) in [7, 11) is 3.94. The highest BCUT2D eigenvalue weighted by Gasteiger charge is 2.32. The molecule has 0 aliphatic heterocycles. The summed E-state index contributed by atoms with van der Waals surface area (Å²) < 4.78 is 1.77. The van der Waals surface area contributed by atoms with Crippen molar-refractivity contribution in [2.24, 2.45) is 13.0 Å². The van der Waals surface area contributed by atoms with E-state index in [0.29, 0.717) is 12.0 Å². The second-order valence-electron chi connectivity index (χ2n) is 5.61. The summed E-state index contributed by atoms with van der Waals surface area (Å²) in [5.41, 5.74) is 5.11. The van der Waals surface area contributed by atoms with Gasteiger partial charge in [-0.05, 0) is 43.9 Å². The van der Waals surface area contributed by atoms with Crippen LogP contribution < -0.4 is 5.32 Å². The summed E-state index contributed by atoms with van der Waals surface area (Å²) in [4.78, 5) is 0. The van der Waals surface area contributed by atoms with Gasteiger partial charge in [0, 0.05) is 18.7 Å². The maximum absolute atomic E-state index is 6.37. The zero-order valence-electron chi connectivity index (χ0n) is 12.2.